The van der Waals surface area contributed by atoms with E-state index in [1.807, 2.05) is 0 Å². The number of carbonyl (C=O) groups excluding carboxylic acids is 1. The van der Waals surface area contributed by atoms with E-state index in [4.69, 9.17) is 0 Å². The Kier molecular flexibility index (Phi) is 4.49. The first-order valence-corrected chi connectivity index (χ1v) is 8.92. The number of H-pyrrole nitrogens is 1. The van der Waals surface area contributed by atoms with Gasteiger partial charge in [-0.25, -0.2) is 4.79 Å². The number of halogens is 3. The zero-order valence-electron chi connectivity index (χ0n) is 15.6. The number of hydrogen-bond acceptors (Lipinski definition) is 2. The molecular weight excluding hydrogens is 397 g/mol. The summed E-state index contributed by atoms with van der Waals surface area (Å²) >= 11 is 0. The van der Waals surface area contributed by atoms with Crippen LogP contribution in [0.1, 0.15) is 32.9 Å². The molecule has 8 heteroatoms. The zero-order chi connectivity index (χ0) is 21.6. The minimum Gasteiger partial charge on any atom is -0.478 e. The van der Waals surface area contributed by atoms with Crippen LogP contribution in [0.15, 0.2) is 48.5 Å². The van der Waals surface area contributed by atoms with Crippen LogP contribution in [0.2, 0.25) is 0 Å². The molecule has 1 amide bonds. The molecule has 0 radical (unpaired) electrons. The van der Waals surface area contributed by atoms with Crippen LogP contribution in [0.5, 0.6) is 0 Å². The summed E-state index contributed by atoms with van der Waals surface area (Å²) in [6.45, 7) is 1.70. The molecule has 1 aromatic heterocycles. The number of fused-ring (bicyclic) bond motifs is 1. The molecule has 0 spiro atoms. The quantitative estimate of drug-likeness (QED) is 0.517. The summed E-state index contributed by atoms with van der Waals surface area (Å²) in [7, 11) is 0. The molecule has 0 atom stereocenters. The number of carboxylic acids is 1. The van der Waals surface area contributed by atoms with Gasteiger partial charge in [0.1, 0.15) is 0 Å². The van der Waals surface area contributed by atoms with Crippen molar-refractivity contribution in [1.29, 1.82) is 0 Å². The monoisotopic (exact) mass is 412 g/mol. The standard InChI is InChI=1S/C22H15F3N2O3/c1-11-9-15(21(29)30)18(26-11)10-16-19-14(3-2-4-17(19)27-20(16)28)12-5-7-13(8-6-12)22(23,24)25/h2-10,26H,1H3,(H,27,28)(H,29,30)/b16-10-. The smallest absolute Gasteiger partial charge is 0.416 e. The number of carboxylic acid groups (broad SMARTS) is 1. The van der Waals surface area contributed by atoms with Gasteiger partial charge in [-0.3, -0.25) is 4.79 Å². The predicted molar refractivity (Wildman–Crippen MR) is 106 cm³/mol. The molecule has 2 aromatic carbocycles. The predicted octanol–water partition coefficient (Wildman–Crippen LogP) is 5.20. The van der Waals surface area contributed by atoms with E-state index < -0.39 is 23.6 Å². The highest BCUT2D eigenvalue weighted by Gasteiger charge is 2.31. The summed E-state index contributed by atoms with van der Waals surface area (Å²) in [4.78, 5) is 27.0. The number of alkyl halides is 3. The van der Waals surface area contributed by atoms with Crippen LogP contribution in [0.3, 0.4) is 0 Å². The average Bonchev–Trinajstić information content (AvgIpc) is 3.21. The Morgan fingerprint density at radius 1 is 1.10 bits per heavy atom. The number of rotatable bonds is 3. The molecule has 2 heterocycles. The summed E-state index contributed by atoms with van der Waals surface area (Å²) in [6, 6.07) is 11.2. The molecule has 4 rings (SSSR count). The second-order valence-electron chi connectivity index (χ2n) is 6.90. The largest absolute Gasteiger partial charge is 0.478 e. The minimum atomic E-state index is -4.45. The SMILES string of the molecule is Cc1cc(C(=O)O)c(/C=C2\C(=O)Nc3cccc(-c4ccc(C(F)(F)F)cc4)c32)[nH]1. The number of nitrogens with one attached hydrogen (secondary N) is 2. The van der Waals surface area contributed by atoms with Crippen LogP contribution in [0.25, 0.3) is 22.8 Å². The van der Waals surface area contributed by atoms with Crippen molar-refractivity contribution < 1.29 is 27.9 Å². The highest BCUT2D eigenvalue weighted by Crippen LogP contribution is 2.41. The Labute approximate surface area is 168 Å². The molecule has 5 nitrogen and oxygen atoms in total. The Balaban J connectivity index is 1.86. The number of anilines is 1. The third-order valence-electron chi connectivity index (χ3n) is 4.85. The average molecular weight is 412 g/mol. The van der Waals surface area contributed by atoms with Crippen molar-refractivity contribution >= 4 is 29.2 Å². The topological polar surface area (TPSA) is 82.2 Å². The molecule has 0 unspecified atom stereocenters. The number of hydrogen-bond donors (Lipinski definition) is 3. The second-order valence-corrected chi connectivity index (χ2v) is 6.90. The first-order chi connectivity index (χ1) is 14.1. The van der Waals surface area contributed by atoms with E-state index in [0.717, 1.165) is 12.1 Å². The lowest BCUT2D eigenvalue weighted by molar-refractivity contribution is -0.137. The second kappa shape index (κ2) is 6.91. The van der Waals surface area contributed by atoms with Gasteiger partial charge in [0, 0.05) is 16.9 Å². The number of carbonyl (C=O) groups is 2. The Hall–Kier alpha value is -3.81. The van der Waals surface area contributed by atoms with Crippen LogP contribution in [-0.2, 0) is 11.0 Å². The molecule has 1 aliphatic rings. The summed E-state index contributed by atoms with van der Waals surface area (Å²) in [5.41, 5.74) is 2.44. The van der Waals surface area contributed by atoms with Crippen LogP contribution >= 0.6 is 0 Å². The molecule has 0 fully saturated rings. The van der Waals surface area contributed by atoms with Gasteiger partial charge < -0.3 is 15.4 Å². The van der Waals surface area contributed by atoms with Crippen molar-refractivity contribution in [3.63, 3.8) is 0 Å². The molecule has 0 saturated heterocycles. The molecule has 3 aromatic rings. The van der Waals surface area contributed by atoms with E-state index in [2.05, 4.69) is 10.3 Å². The molecule has 30 heavy (non-hydrogen) atoms. The van der Waals surface area contributed by atoms with Gasteiger partial charge in [-0.1, -0.05) is 24.3 Å². The number of aromatic amines is 1. The summed E-state index contributed by atoms with van der Waals surface area (Å²) in [6.07, 6.45) is -3.00. The van der Waals surface area contributed by atoms with Gasteiger partial charge in [0.05, 0.1) is 22.4 Å². The Morgan fingerprint density at radius 2 is 1.80 bits per heavy atom. The molecular formula is C22H15F3N2O3. The van der Waals surface area contributed by atoms with Gasteiger partial charge in [-0.05, 0) is 48.4 Å². The van der Waals surface area contributed by atoms with Gasteiger partial charge in [0.25, 0.3) is 5.91 Å². The maximum Gasteiger partial charge on any atom is 0.416 e. The fourth-order valence-corrected chi connectivity index (χ4v) is 3.51. The van der Waals surface area contributed by atoms with Crippen molar-refractivity contribution in [3.05, 3.63) is 76.6 Å². The van der Waals surface area contributed by atoms with Gasteiger partial charge in [0.2, 0.25) is 0 Å². The van der Waals surface area contributed by atoms with E-state index in [0.29, 0.717) is 28.1 Å². The van der Waals surface area contributed by atoms with Gasteiger partial charge in [-0.15, -0.1) is 0 Å². The molecule has 1 aliphatic heterocycles. The van der Waals surface area contributed by atoms with Gasteiger partial charge in [0.15, 0.2) is 0 Å². The number of benzene rings is 2. The minimum absolute atomic E-state index is 0.0215. The number of aryl methyl sites for hydroxylation is 1. The van der Waals surface area contributed by atoms with Crippen molar-refractivity contribution in [3.8, 4) is 11.1 Å². The highest BCUT2D eigenvalue weighted by atomic mass is 19.4. The lowest BCUT2D eigenvalue weighted by atomic mass is 9.93. The molecule has 0 bridgehead atoms. The summed E-state index contributed by atoms with van der Waals surface area (Å²) in [5, 5.41) is 12.1. The van der Waals surface area contributed by atoms with Crippen molar-refractivity contribution in [1.82, 2.24) is 4.98 Å². The van der Waals surface area contributed by atoms with Gasteiger partial charge >= 0.3 is 12.1 Å². The van der Waals surface area contributed by atoms with E-state index in [-0.39, 0.29) is 16.8 Å². The lowest BCUT2D eigenvalue weighted by Crippen LogP contribution is -2.04. The number of amides is 1. The van der Waals surface area contributed by atoms with Crippen LogP contribution in [0.4, 0.5) is 18.9 Å². The fourth-order valence-electron chi connectivity index (χ4n) is 3.51. The summed E-state index contributed by atoms with van der Waals surface area (Å²) in [5.74, 6) is -1.56. The maximum absolute atomic E-state index is 12.9. The molecule has 0 saturated carbocycles. The zero-order valence-corrected chi connectivity index (χ0v) is 15.6. The van der Waals surface area contributed by atoms with Gasteiger partial charge in [-0.2, -0.15) is 13.2 Å². The van der Waals surface area contributed by atoms with Crippen LogP contribution < -0.4 is 5.32 Å². The highest BCUT2D eigenvalue weighted by molar-refractivity contribution is 6.36. The normalized spacial score (nSPS) is 14.7. The Morgan fingerprint density at radius 3 is 2.43 bits per heavy atom. The van der Waals surface area contributed by atoms with E-state index >= 15 is 0 Å². The third-order valence-corrected chi connectivity index (χ3v) is 4.85. The molecule has 152 valence electrons. The molecule has 0 aliphatic carbocycles. The first-order valence-electron chi connectivity index (χ1n) is 8.92. The van der Waals surface area contributed by atoms with E-state index in [9.17, 15) is 27.9 Å². The van der Waals surface area contributed by atoms with E-state index in [1.54, 1.807) is 25.1 Å². The van der Waals surface area contributed by atoms with Crippen molar-refractivity contribution in [2.24, 2.45) is 0 Å². The van der Waals surface area contributed by atoms with E-state index in [1.165, 1.54) is 24.3 Å². The third kappa shape index (κ3) is 3.36. The number of aromatic carboxylic acids is 1. The van der Waals surface area contributed by atoms with Crippen LogP contribution in [-0.4, -0.2) is 22.0 Å². The summed E-state index contributed by atoms with van der Waals surface area (Å²) < 4.78 is 38.7. The maximum atomic E-state index is 12.9. The van der Waals surface area contributed by atoms with Crippen molar-refractivity contribution in [2.75, 3.05) is 5.32 Å². The fraction of sp³-hybridized carbons (Fsp3) is 0.0909. The lowest BCUT2D eigenvalue weighted by Gasteiger charge is -2.11. The first kappa shape index (κ1) is 19.5. The van der Waals surface area contributed by atoms with Crippen LogP contribution in [0, 0.1) is 6.92 Å². The Bertz CT molecular complexity index is 1210. The van der Waals surface area contributed by atoms with Crippen molar-refractivity contribution in [2.45, 2.75) is 13.1 Å². The molecule has 3 N–H and O–H groups in total. The number of aromatic nitrogens is 1.